The van der Waals surface area contributed by atoms with Crippen molar-refractivity contribution >= 4 is 34.4 Å². The molecule has 118 valence electrons. The van der Waals surface area contributed by atoms with Gasteiger partial charge in [-0.1, -0.05) is 42.5 Å². The highest BCUT2D eigenvalue weighted by Crippen LogP contribution is 2.17. The van der Waals surface area contributed by atoms with Crippen molar-refractivity contribution in [3.8, 4) is 0 Å². The predicted octanol–water partition coefficient (Wildman–Crippen LogP) is 4.19. The van der Waals surface area contributed by atoms with Crippen molar-refractivity contribution in [2.75, 3.05) is 5.32 Å². The summed E-state index contributed by atoms with van der Waals surface area (Å²) in [6, 6.07) is 20.4. The molecule has 1 amide bonds. The Hall–Kier alpha value is -3.40. The zero-order valence-electron chi connectivity index (χ0n) is 12.8. The molecule has 0 saturated carbocycles. The van der Waals surface area contributed by atoms with Gasteiger partial charge in [-0.15, -0.1) is 0 Å². The molecule has 3 aromatic rings. The van der Waals surface area contributed by atoms with Crippen LogP contribution in [0.1, 0.15) is 15.9 Å². The van der Waals surface area contributed by atoms with Crippen molar-refractivity contribution in [3.63, 3.8) is 0 Å². The van der Waals surface area contributed by atoms with Crippen LogP contribution >= 0.6 is 0 Å². The highest BCUT2D eigenvalue weighted by atomic mass is 16.4. The first kappa shape index (κ1) is 15.5. The van der Waals surface area contributed by atoms with Crippen LogP contribution in [0.4, 0.5) is 5.69 Å². The number of carbonyl (C=O) groups is 2. The highest BCUT2D eigenvalue weighted by Gasteiger charge is 2.06. The van der Waals surface area contributed by atoms with Crippen LogP contribution in [0.2, 0.25) is 0 Å². The molecule has 0 radical (unpaired) electrons. The van der Waals surface area contributed by atoms with Crippen molar-refractivity contribution in [3.05, 3.63) is 83.9 Å². The summed E-state index contributed by atoms with van der Waals surface area (Å²) in [4.78, 5) is 22.8. The van der Waals surface area contributed by atoms with Crippen LogP contribution in [0.15, 0.2) is 72.8 Å². The zero-order chi connectivity index (χ0) is 16.9. The van der Waals surface area contributed by atoms with Gasteiger partial charge in [0.25, 0.3) is 5.91 Å². The normalized spacial score (nSPS) is 10.8. The van der Waals surface area contributed by atoms with Crippen molar-refractivity contribution in [2.45, 2.75) is 0 Å². The lowest BCUT2D eigenvalue weighted by Crippen LogP contribution is -2.11. The van der Waals surface area contributed by atoms with Crippen molar-refractivity contribution in [1.82, 2.24) is 0 Å². The molecule has 0 aliphatic rings. The van der Waals surface area contributed by atoms with E-state index in [1.165, 1.54) is 6.08 Å². The van der Waals surface area contributed by atoms with Crippen molar-refractivity contribution < 1.29 is 14.7 Å². The molecule has 0 aliphatic carbocycles. The molecule has 0 aromatic heterocycles. The number of anilines is 1. The average molecular weight is 317 g/mol. The largest absolute Gasteiger partial charge is 0.478 e. The third-order valence-corrected chi connectivity index (χ3v) is 3.60. The zero-order valence-corrected chi connectivity index (χ0v) is 12.8. The van der Waals surface area contributed by atoms with Crippen LogP contribution in [-0.4, -0.2) is 17.0 Å². The van der Waals surface area contributed by atoms with Crippen LogP contribution < -0.4 is 5.32 Å². The molecule has 4 nitrogen and oxygen atoms in total. The smallest absolute Gasteiger partial charge is 0.328 e. The number of carboxylic acid groups (broad SMARTS) is 1. The molecule has 0 saturated heterocycles. The third-order valence-electron chi connectivity index (χ3n) is 3.60. The van der Waals surface area contributed by atoms with Crippen LogP contribution in [0.5, 0.6) is 0 Å². The Morgan fingerprint density at radius 3 is 2.29 bits per heavy atom. The summed E-state index contributed by atoms with van der Waals surface area (Å²) in [6.45, 7) is 0. The predicted molar refractivity (Wildman–Crippen MR) is 95.0 cm³/mol. The van der Waals surface area contributed by atoms with Gasteiger partial charge in [0.1, 0.15) is 0 Å². The maximum absolute atomic E-state index is 12.4. The maximum atomic E-state index is 12.4. The van der Waals surface area contributed by atoms with Gasteiger partial charge >= 0.3 is 5.97 Å². The second-order valence-electron chi connectivity index (χ2n) is 5.31. The van der Waals surface area contributed by atoms with Crippen molar-refractivity contribution in [2.24, 2.45) is 0 Å². The van der Waals surface area contributed by atoms with E-state index < -0.39 is 5.97 Å². The van der Waals surface area contributed by atoms with E-state index in [0.29, 0.717) is 11.3 Å². The Balaban J connectivity index is 1.74. The van der Waals surface area contributed by atoms with E-state index in [2.05, 4.69) is 5.32 Å². The van der Waals surface area contributed by atoms with Gasteiger partial charge < -0.3 is 10.4 Å². The van der Waals surface area contributed by atoms with E-state index in [1.54, 1.807) is 30.3 Å². The molecule has 3 rings (SSSR count). The molecule has 4 heteroatoms. The fourth-order valence-corrected chi connectivity index (χ4v) is 2.38. The maximum Gasteiger partial charge on any atom is 0.328 e. The van der Waals surface area contributed by atoms with Crippen LogP contribution in [0.25, 0.3) is 16.8 Å². The molecular weight excluding hydrogens is 302 g/mol. The average Bonchev–Trinajstić information content (AvgIpc) is 2.60. The first-order valence-electron chi connectivity index (χ1n) is 7.43. The number of aliphatic carboxylic acids is 1. The monoisotopic (exact) mass is 317 g/mol. The molecule has 0 spiro atoms. The molecule has 24 heavy (non-hydrogen) atoms. The minimum atomic E-state index is -0.997. The number of benzene rings is 3. The lowest BCUT2D eigenvalue weighted by atomic mass is 10.1. The number of fused-ring (bicyclic) bond motifs is 1. The number of hydrogen-bond acceptors (Lipinski definition) is 2. The minimum absolute atomic E-state index is 0.186. The summed E-state index contributed by atoms with van der Waals surface area (Å²) in [6.07, 6.45) is 2.57. The summed E-state index contributed by atoms with van der Waals surface area (Å²) in [5.41, 5.74) is 1.99. The Labute approximate surface area is 139 Å². The van der Waals surface area contributed by atoms with E-state index in [4.69, 9.17) is 5.11 Å². The molecule has 0 fully saturated rings. The number of carboxylic acids is 1. The van der Waals surface area contributed by atoms with Gasteiger partial charge in [-0.2, -0.15) is 0 Å². The number of carbonyl (C=O) groups excluding carboxylic acids is 1. The Kier molecular flexibility index (Phi) is 4.38. The first-order valence-corrected chi connectivity index (χ1v) is 7.43. The first-order chi connectivity index (χ1) is 11.6. The Morgan fingerprint density at radius 1 is 0.875 bits per heavy atom. The van der Waals surface area contributed by atoms with Crippen molar-refractivity contribution in [1.29, 1.82) is 0 Å². The fraction of sp³-hybridized carbons (Fsp3) is 0. The lowest BCUT2D eigenvalue weighted by molar-refractivity contribution is -0.131. The van der Waals surface area contributed by atoms with Gasteiger partial charge in [0, 0.05) is 17.3 Å². The SMILES string of the molecule is O=C(O)C=Cc1ccc(NC(=O)c2ccc3ccccc3c2)cc1. The van der Waals surface area contributed by atoms with Gasteiger partial charge in [0.2, 0.25) is 0 Å². The number of hydrogen-bond donors (Lipinski definition) is 2. The van der Waals surface area contributed by atoms with E-state index >= 15 is 0 Å². The van der Waals surface area contributed by atoms with Crippen LogP contribution in [0.3, 0.4) is 0 Å². The second kappa shape index (κ2) is 6.79. The molecule has 0 atom stereocenters. The minimum Gasteiger partial charge on any atom is -0.478 e. The third kappa shape index (κ3) is 3.67. The number of rotatable bonds is 4. The fourth-order valence-electron chi connectivity index (χ4n) is 2.38. The number of amides is 1. The Morgan fingerprint density at radius 2 is 1.58 bits per heavy atom. The van der Waals surface area contributed by atoms with Gasteiger partial charge in [0.15, 0.2) is 0 Å². The summed E-state index contributed by atoms with van der Waals surface area (Å²) >= 11 is 0. The Bertz CT molecular complexity index is 927. The van der Waals surface area contributed by atoms with Crippen LogP contribution in [0, 0.1) is 0 Å². The van der Waals surface area contributed by atoms with Crippen LogP contribution in [-0.2, 0) is 4.79 Å². The van der Waals surface area contributed by atoms with E-state index in [9.17, 15) is 9.59 Å². The number of nitrogens with one attached hydrogen (secondary N) is 1. The molecule has 0 unspecified atom stereocenters. The van der Waals surface area contributed by atoms with Gasteiger partial charge in [-0.25, -0.2) is 4.79 Å². The standard InChI is InChI=1S/C20H15NO3/c22-19(23)12-7-14-5-10-18(11-6-14)21-20(24)17-9-8-15-3-1-2-4-16(15)13-17/h1-13H,(H,21,24)(H,22,23). The topological polar surface area (TPSA) is 66.4 Å². The van der Waals surface area contributed by atoms with E-state index in [0.717, 1.165) is 22.4 Å². The molecule has 2 N–H and O–H groups in total. The van der Waals surface area contributed by atoms with Gasteiger partial charge in [-0.05, 0) is 46.7 Å². The highest BCUT2D eigenvalue weighted by molar-refractivity contribution is 6.06. The van der Waals surface area contributed by atoms with Gasteiger partial charge in [-0.3, -0.25) is 4.79 Å². The van der Waals surface area contributed by atoms with E-state index in [1.807, 2.05) is 36.4 Å². The molecule has 0 aliphatic heterocycles. The molecule has 0 heterocycles. The quantitative estimate of drug-likeness (QED) is 0.709. The van der Waals surface area contributed by atoms with Gasteiger partial charge in [0.05, 0.1) is 0 Å². The molecular formula is C20H15NO3. The second-order valence-corrected chi connectivity index (χ2v) is 5.31. The summed E-state index contributed by atoms with van der Waals surface area (Å²) in [5, 5.41) is 13.5. The summed E-state index contributed by atoms with van der Waals surface area (Å²) < 4.78 is 0. The lowest BCUT2D eigenvalue weighted by Gasteiger charge is -2.07. The molecule has 3 aromatic carbocycles. The summed E-state index contributed by atoms with van der Waals surface area (Å²) in [7, 11) is 0. The van der Waals surface area contributed by atoms with E-state index in [-0.39, 0.29) is 5.91 Å². The summed E-state index contributed by atoms with van der Waals surface area (Å²) in [5.74, 6) is -1.18. The molecule has 0 bridgehead atoms.